The Balaban J connectivity index is 1.33. The van der Waals surface area contributed by atoms with Crippen molar-refractivity contribution >= 4 is 23.4 Å². The molecule has 150 valence electrons. The van der Waals surface area contributed by atoms with E-state index >= 15 is 0 Å². The number of carbonyl (C=O) groups excluding carboxylic acids is 1. The van der Waals surface area contributed by atoms with Crippen LogP contribution in [0.3, 0.4) is 0 Å². The molecule has 11 heteroatoms. The fourth-order valence-electron chi connectivity index (χ4n) is 2.54. The smallest absolute Gasteiger partial charge is 0.497 e. The van der Waals surface area contributed by atoms with Gasteiger partial charge >= 0.3 is 6.29 Å². The molecule has 1 amide bonds. The number of hydrogen-bond donors (Lipinski definition) is 2. The van der Waals surface area contributed by atoms with Crippen LogP contribution in [0.4, 0.5) is 14.5 Å². The third-order valence-corrected chi connectivity index (χ3v) is 4.69. The number of H-pyrrole nitrogens is 1. The van der Waals surface area contributed by atoms with Crippen molar-refractivity contribution in [3.63, 3.8) is 0 Å². The van der Waals surface area contributed by atoms with Gasteiger partial charge in [0.2, 0.25) is 11.1 Å². The Morgan fingerprint density at radius 2 is 1.97 bits per heavy atom. The predicted octanol–water partition coefficient (Wildman–Crippen LogP) is 3.53. The van der Waals surface area contributed by atoms with Gasteiger partial charge in [-0.15, -0.1) is 13.9 Å². The zero-order valence-electron chi connectivity index (χ0n) is 14.9. The summed E-state index contributed by atoms with van der Waals surface area (Å²) in [5.74, 6) is 0.744. The van der Waals surface area contributed by atoms with E-state index in [2.05, 4.69) is 30.0 Å². The Labute approximate surface area is 167 Å². The summed E-state index contributed by atoms with van der Waals surface area (Å²) in [6, 6.07) is 11.3. The van der Waals surface area contributed by atoms with Gasteiger partial charge in [0.25, 0.3) is 0 Å². The molecule has 0 spiro atoms. The van der Waals surface area contributed by atoms with Crippen molar-refractivity contribution in [3.8, 4) is 28.6 Å². The Bertz CT molecular complexity index is 1040. The molecule has 0 atom stereocenters. The average molecular weight is 420 g/mol. The number of aromatic nitrogens is 3. The lowest BCUT2D eigenvalue weighted by Crippen LogP contribution is -2.25. The lowest BCUT2D eigenvalue weighted by Gasteiger charge is -2.05. The van der Waals surface area contributed by atoms with Crippen LogP contribution < -0.4 is 19.5 Å². The molecule has 0 saturated carbocycles. The number of anilines is 1. The minimum atomic E-state index is -3.70. The maximum absolute atomic E-state index is 13.0. The van der Waals surface area contributed by atoms with Crippen LogP contribution in [0.5, 0.6) is 17.2 Å². The number of alkyl halides is 2. The van der Waals surface area contributed by atoms with Gasteiger partial charge in [-0.2, -0.15) is 0 Å². The highest BCUT2D eigenvalue weighted by Gasteiger charge is 2.43. The second-order valence-electron chi connectivity index (χ2n) is 5.86. The van der Waals surface area contributed by atoms with Crippen LogP contribution in [0, 0.1) is 0 Å². The molecule has 0 radical (unpaired) electrons. The van der Waals surface area contributed by atoms with Crippen molar-refractivity contribution in [2.45, 2.75) is 11.5 Å². The van der Waals surface area contributed by atoms with Crippen molar-refractivity contribution in [2.24, 2.45) is 0 Å². The molecule has 1 aliphatic rings. The van der Waals surface area contributed by atoms with Gasteiger partial charge in [-0.05, 0) is 36.4 Å². The van der Waals surface area contributed by atoms with Crippen LogP contribution in [0.15, 0.2) is 47.6 Å². The van der Waals surface area contributed by atoms with Crippen molar-refractivity contribution in [2.75, 3.05) is 18.2 Å². The number of hydrogen-bond acceptors (Lipinski definition) is 7. The zero-order valence-corrected chi connectivity index (χ0v) is 15.8. The second-order valence-corrected chi connectivity index (χ2v) is 6.80. The lowest BCUT2D eigenvalue weighted by atomic mass is 10.2. The first-order chi connectivity index (χ1) is 13.9. The van der Waals surface area contributed by atoms with E-state index in [0.29, 0.717) is 16.7 Å². The number of halogens is 2. The lowest BCUT2D eigenvalue weighted by molar-refractivity contribution is -0.286. The maximum Gasteiger partial charge on any atom is 0.586 e. The van der Waals surface area contributed by atoms with Gasteiger partial charge in [-0.1, -0.05) is 11.8 Å². The van der Waals surface area contributed by atoms with Gasteiger partial charge in [0, 0.05) is 17.3 Å². The number of benzene rings is 2. The van der Waals surface area contributed by atoms with E-state index in [4.69, 9.17) is 4.74 Å². The highest BCUT2D eigenvalue weighted by molar-refractivity contribution is 7.99. The Kier molecular flexibility index (Phi) is 4.97. The van der Waals surface area contributed by atoms with Crippen molar-refractivity contribution in [1.29, 1.82) is 0 Å². The monoisotopic (exact) mass is 420 g/mol. The summed E-state index contributed by atoms with van der Waals surface area (Å²) >= 11 is 1.13. The molecule has 2 aromatic carbocycles. The molecule has 2 N–H and O–H groups in total. The first-order valence-electron chi connectivity index (χ1n) is 8.31. The predicted molar refractivity (Wildman–Crippen MR) is 100 cm³/mol. The summed E-state index contributed by atoms with van der Waals surface area (Å²) in [5, 5.41) is 9.89. The van der Waals surface area contributed by atoms with E-state index in [1.165, 1.54) is 18.2 Å². The fraction of sp³-hybridized carbons (Fsp3) is 0.167. The Morgan fingerprint density at radius 1 is 1.21 bits per heavy atom. The van der Waals surface area contributed by atoms with E-state index in [-0.39, 0.29) is 23.2 Å². The molecule has 0 unspecified atom stereocenters. The molecule has 1 aromatic heterocycles. The van der Waals surface area contributed by atoms with Gasteiger partial charge in [0.15, 0.2) is 17.3 Å². The van der Waals surface area contributed by atoms with Crippen LogP contribution in [-0.2, 0) is 4.79 Å². The number of aromatic amines is 1. The van der Waals surface area contributed by atoms with Gasteiger partial charge in [-0.3, -0.25) is 9.89 Å². The number of fused-ring (bicyclic) bond motifs is 1. The molecule has 29 heavy (non-hydrogen) atoms. The molecule has 0 bridgehead atoms. The molecule has 8 nitrogen and oxygen atoms in total. The van der Waals surface area contributed by atoms with E-state index in [1.807, 2.05) is 12.1 Å². The number of thioether (sulfide) groups is 1. The number of carbonyl (C=O) groups is 1. The number of rotatable bonds is 6. The van der Waals surface area contributed by atoms with E-state index < -0.39 is 6.29 Å². The first kappa shape index (κ1) is 19.0. The quantitative estimate of drug-likeness (QED) is 0.589. The average Bonchev–Trinajstić information content (AvgIpc) is 3.29. The molecular weight excluding hydrogens is 406 g/mol. The summed E-state index contributed by atoms with van der Waals surface area (Å²) < 4.78 is 39.9. The summed E-state index contributed by atoms with van der Waals surface area (Å²) in [5.41, 5.74) is 1.14. The third kappa shape index (κ3) is 4.40. The SMILES string of the molecule is COc1ccc(-c2nc(SCC(=O)Nc3ccc4c(c3)OC(F)(F)O4)n[nH]2)cc1. The standard InChI is InChI=1S/C18H14F2N4O4S/c1-26-12-5-2-10(3-6-12)16-22-17(24-23-16)29-9-15(25)21-11-4-7-13-14(8-11)28-18(19,20)27-13/h2-8H,9H2,1H3,(H,21,25)(H,22,23,24). The van der Waals surface area contributed by atoms with Crippen molar-refractivity contribution in [1.82, 2.24) is 15.2 Å². The molecule has 3 aromatic rings. The highest BCUT2D eigenvalue weighted by Crippen LogP contribution is 2.42. The second kappa shape index (κ2) is 7.59. The first-order valence-corrected chi connectivity index (χ1v) is 9.30. The summed E-state index contributed by atoms with van der Waals surface area (Å²) in [6.07, 6.45) is -3.70. The van der Waals surface area contributed by atoms with E-state index in [0.717, 1.165) is 23.1 Å². The number of ether oxygens (including phenoxy) is 3. The van der Waals surface area contributed by atoms with Crippen LogP contribution in [0.1, 0.15) is 0 Å². The molecule has 1 aliphatic heterocycles. The topological polar surface area (TPSA) is 98.4 Å². The Morgan fingerprint density at radius 3 is 2.72 bits per heavy atom. The van der Waals surface area contributed by atoms with E-state index in [9.17, 15) is 13.6 Å². The molecule has 0 fully saturated rings. The summed E-state index contributed by atoms with van der Waals surface area (Å²) in [7, 11) is 1.59. The highest BCUT2D eigenvalue weighted by atomic mass is 32.2. The minimum absolute atomic E-state index is 0.0322. The van der Waals surface area contributed by atoms with Crippen LogP contribution in [0.25, 0.3) is 11.4 Å². The van der Waals surface area contributed by atoms with Gasteiger partial charge in [-0.25, -0.2) is 4.98 Å². The van der Waals surface area contributed by atoms with Crippen LogP contribution in [-0.4, -0.2) is 40.2 Å². The van der Waals surface area contributed by atoms with Gasteiger partial charge < -0.3 is 19.5 Å². The molecule has 0 aliphatic carbocycles. The fourth-order valence-corrected chi connectivity index (χ4v) is 3.14. The summed E-state index contributed by atoms with van der Waals surface area (Å²) in [6.45, 7) is 0. The third-order valence-electron chi connectivity index (χ3n) is 3.85. The number of amides is 1. The number of nitrogens with zero attached hydrogens (tertiary/aromatic N) is 2. The number of nitrogens with one attached hydrogen (secondary N) is 2. The van der Waals surface area contributed by atoms with Gasteiger partial charge in [0.1, 0.15) is 5.75 Å². The van der Waals surface area contributed by atoms with Crippen LogP contribution in [0.2, 0.25) is 0 Å². The molecular formula is C18H14F2N4O4S. The largest absolute Gasteiger partial charge is 0.586 e. The normalized spacial score (nSPS) is 13.9. The number of methoxy groups -OCH3 is 1. The molecule has 2 heterocycles. The maximum atomic E-state index is 13.0. The Hall–Kier alpha value is -3.34. The minimum Gasteiger partial charge on any atom is -0.497 e. The van der Waals surface area contributed by atoms with Crippen molar-refractivity contribution in [3.05, 3.63) is 42.5 Å². The van der Waals surface area contributed by atoms with Crippen LogP contribution >= 0.6 is 11.8 Å². The van der Waals surface area contributed by atoms with Gasteiger partial charge in [0.05, 0.1) is 12.9 Å². The zero-order chi connectivity index (χ0) is 20.4. The van der Waals surface area contributed by atoms with E-state index in [1.54, 1.807) is 19.2 Å². The van der Waals surface area contributed by atoms with Crippen molar-refractivity contribution < 1.29 is 27.8 Å². The summed E-state index contributed by atoms with van der Waals surface area (Å²) in [4.78, 5) is 16.5. The molecule has 4 rings (SSSR count). The molecule has 0 saturated heterocycles.